The minimum atomic E-state index is -0.104. The van der Waals surface area contributed by atoms with Crippen molar-refractivity contribution in [1.29, 1.82) is 0 Å². The Morgan fingerprint density at radius 3 is 3.10 bits per heavy atom. The molecule has 2 aromatic rings. The van der Waals surface area contributed by atoms with Crippen LogP contribution >= 0.6 is 0 Å². The predicted molar refractivity (Wildman–Crippen MR) is 74.2 cm³/mol. The highest BCUT2D eigenvalue weighted by atomic mass is 16.5. The summed E-state index contributed by atoms with van der Waals surface area (Å²) < 4.78 is 7.26. The molecule has 1 aliphatic rings. The van der Waals surface area contributed by atoms with E-state index in [1.807, 2.05) is 24.3 Å². The zero-order valence-corrected chi connectivity index (χ0v) is 11.0. The minimum Gasteiger partial charge on any atom is -0.488 e. The van der Waals surface area contributed by atoms with Crippen LogP contribution < -0.4 is 15.8 Å². The maximum Gasteiger partial charge on any atom is 0.241 e. The van der Waals surface area contributed by atoms with Crippen LogP contribution in [0.2, 0.25) is 0 Å². The first-order chi connectivity index (χ1) is 9.70. The van der Waals surface area contributed by atoms with E-state index in [0.29, 0.717) is 12.2 Å². The molecule has 6 nitrogen and oxygen atoms in total. The quantitative estimate of drug-likeness (QED) is 0.853. The lowest BCUT2D eigenvalue weighted by Crippen LogP contribution is -2.36. The van der Waals surface area contributed by atoms with Gasteiger partial charge in [-0.1, -0.05) is 18.2 Å². The fraction of sp³-hybridized carbons (Fsp3) is 0.286. The Kier molecular flexibility index (Phi) is 3.28. The lowest BCUT2D eigenvalue weighted by Gasteiger charge is -2.11. The van der Waals surface area contributed by atoms with E-state index in [4.69, 9.17) is 10.5 Å². The van der Waals surface area contributed by atoms with Crippen LogP contribution in [-0.4, -0.2) is 28.3 Å². The molecule has 6 heteroatoms. The Labute approximate surface area is 116 Å². The van der Waals surface area contributed by atoms with Gasteiger partial charge in [0.05, 0.1) is 18.4 Å². The number of benzene rings is 1. The molecule has 0 aliphatic carbocycles. The molecule has 2 heterocycles. The van der Waals surface area contributed by atoms with Crippen molar-refractivity contribution in [2.45, 2.75) is 19.1 Å². The van der Waals surface area contributed by atoms with Gasteiger partial charge in [0.25, 0.3) is 0 Å². The molecule has 0 bridgehead atoms. The fourth-order valence-corrected chi connectivity index (χ4v) is 2.26. The molecular weight excluding hydrogens is 256 g/mol. The molecule has 1 aromatic heterocycles. The molecule has 3 rings (SSSR count). The Morgan fingerprint density at radius 2 is 2.35 bits per heavy atom. The summed E-state index contributed by atoms with van der Waals surface area (Å²) in [6, 6.07) is 7.93. The van der Waals surface area contributed by atoms with Crippen molar-refractivity contribution < 1.29 is 9.53 Å². The van der Waals surface area contributed by atoms with E-state index in [9.17, 15) is 4.79 Å². The molecule has 0 spiro atoms. The average Bonchev–Trinajstić information content (AvgIpc) is 3.02. The van der Waals surface area contributed by atoms with Crippen molar-refractivity contribution in [1.82, 2.24) is 15.1 Å². The van der Waals surface area contributed by atoms with Gasteiger partial charge in [0.15, 0.2) is 0 Å². The Balaban J connectivity index is 1.48. The number of hydrogen-bond acceptors (Lipinski definition) is 4. The highest BCUT2D eigenvalue weighted by molar-refractivity contribution is 5.75. The van der Waals surface area contributed by atoms with Gasteiger partial charge < -0.3 is 15.8 Å². The van der Waals surface area contributed by atoms with Crippen LogP contribution in [0.4, 0.5) is 5.69 Å². The number of carbonyl (C=O) groups is 1. The van der Waals surface area contributed by atoms with Gasteiger partial charge in [-0.25, -0.2) is 0 Å². The first kappa shape index (κ1) is 12.5. The molecule has 0 saturated carbocycles. The normalized spacial score (nSPS) is 16.5. The highest BCUT2D eigenvalue weighted by Gasteiger charge is 2.22. The number of nitrogen functional groups attached to an aromatic ring is 1. The second kappa shape index (κ2) is 5.24. The Morgan fingerprint density at radius 1 is 1.50 bits per heavy atom. The number of ether oxygens (including phenoxy) is 1. The Hall–Kier alpha value is -2.50. The molecule has 1 unspecified atom stereocenters. The van der Waals surface area contributed by atoms with Gasteiger partial charge in [0.2, 0.25) is 5.91 Å². The van der Waals surface area contributed by atoms with Crippen LogP contribution in [0.15, 0.2) is 36.7 Å². The van der Waals surface area contributed by atoms with Crippen molar-refractivity contribution in [3.63, 3.8) is 0 Å². The van der Waals surface area contributed by atoms with Crippen LogP contribution in [0, 0.1) is 0 Å². The number of anilines is 1. The highest BCUT2D eigenvalue weighted by Crippen LogP contribution is 2.27. The van der Waals surface area contributed by atoms with E-state index < -0.39 is 0 Å². The standard InChI is InChI=1S/C14H16N4O2/c15-11-6-17-18(8-11)9-14(19)16-7-12-5-10-3-1-2-4-13(10)20-12/h1-4,6,8,12H,5,7,9,15H2,(H,16,19). The smallest absolute Gasteiger partial charge is 0.241 e. The fourth-order valence-electron chi connectivity index (χ4n) is 2.26. The van der Waals surface area contributed by atoms with Crippen molar-refractivity contribution >= 4 is 11.6 Å². The third kappa shape index (κ3) is 2.74. The number of amides is 1. The Bertz CT molecular complexity index is 598. The lowest BCUT2D eigenvalue weighted by molar-refractivity contribution is -0.122. The van der Waals surface area contributed by atoms with Gasteiger partial charge >= 0.3 is 0 Å². The summed E-state index contributed by atoms with van der Waals surface area (Å²) in [7, 11) is 0. The summed E-state index contributed by atoms with van der Waals surface area (Å²) in [5.74, 6) is 0.805. The zero-order chi connectivity index (χ0) is 13.9. The molecule has 1 aromatic carbocycles. The van der Waals surface area contributed by atoms with E-state index in [2.05, 4.69) is 10.4 Å². The summed E-state index contributed by atoms with van der Waals surface area (Å²) in [6.45, 7) is 0.654. The van der Waals surface area contributed by atoms with Crippen molar-refractivity contribution in [3.8, 4) is 5.75 Å². The van der Waals surface area contributed by atoms with Crippen LogP contribution in [0.1, 0.15) is 5.56 Å². The molecule has 20 heavy (non-hydrogen) atoms. The molecule has 1 atom stereocenters. The maximum absolute atomic E-state index is 11.8. The third-order valence-electron chi connectivity index (χ3n) is 3.20. The summed E-state index contributed by atoms with van der Waals surface area (Å²) in [5, 5.41) is 6.82. The van der Waals surface area contributed by atoms with E-state index in [-0.39, 0.29) is 18.6 Å². The molecule has 104 valence electrons. The number of carbonyl (C=O) groups excluding carboxylic acids is 1. The molecular formula is C14H16N4O2. The summed E-state index contributed by atoms with van der Waals surface area (Å²) in [5.41, 5.74) is 7.28. The molecule has 1 aliphatic heterocycles. The van der Waals surface area contributed by atoms with Crippen LogP contribution in [-0.2, 0) is 17.8 Å². The summed E-state index contributed by atoms with van der Waals surface area (Å²) >= 11 is 0. The van der Waals surface area contributed by atoms with Crippen molar-refractivity contribution in [2.24, 2.45) is 0 Å². The molecule has 1 amide bonds. The predicted octanol–water partition coefficient (Wildman–Crippen LogP) is 0.585. The van der Waals surface area contributed by atoms with E-state index in [1.165, 1.54) is 16.4 Å². The maximum atomic E-state index is 11.8. The second-order valence-electron chi connectivity index (χ2n) is 4.83. The van der Waals surface area contributed by atoms with Crippen molar-refractivity contribution in [2.75, 3.05) is 12.3 Å². The second-order valence-corrected chi connectivity index (χ2v) is 4.83. The third-order valence-corrected chi connectivity index (χ3v) is 3.20. The summed E-state index contributed by atoms with van der Waals surface area (Å²) in [4.78, 5) is 11.8. The van der Waals surface area contributed by atoms with Crippen LogP contribution in [0.25, 0.3) is 0 Å². The average molecular weight is 272 g/mol. The number of rotatable bonds is 4. The number of para-hydroxylation sites is 1. The first-order valence-corrected chi connectivity index (χ1v) is 6.50. The SMILES string of the molecule is Nc1cnn(CC(=O)NCC2Cc3ccccc3O2)c1. The molecule has 0 fully saturated rings. The number of hydrogen-bond donors (Lipinski definition) is 2. The lowest BCUT2D eigenvalue weighted by atomic mass is 10.1. The first-order valence-electron chi connectivity index (χ1n) is 6.50. The zero-order valence-electron chi connectivity index (χ0n) is 11.0. The van der Waals surface area contributed by atoms with E-state index in [1.54, 1.807) is 6.20 Å². The molecule has 0 radical (unpaired) electrons. The van der Waals surface area contributed by atoms with Gasteiger partial charge in [0, 0.05) is 12.6 Å². The van der Waals surface area contributed by atoms with Crippen molar-refractivity contribution in [3.05, 3.63) is 42.2 Å². The van der Waals surface area contributed by atoms with E-state index >= 15 is 0 Å². The van der Waals surface area contributed by atoms with Gasteiger partial charge in [-0.05, 0) is 11.6 Å². The van der Waals surface area contributed by atoms with Crippen LogP contribution in [0.5, 0.6) is 5.75 Å². The number of nitrogens with two attached hydrogens (primary N) is 1. The molecule has 0 saturated heterocycles. The number of fused-ring (bicyclic) bond motifs is 1. The largest absolute Gasteiger partial charge is 0.488 e. The number of nitrogens with one attached hydrogen (secondary N) is 1. The number of nitrogens with zero attached hydrogens (tertiary/aromatic N) is 2. The van der Waals surface area contributed by atoms with Gasteiger partial charge in [-0.3, -0.25) is 9.48 Å². The molecule has 3 N–H and O–H groups in total. The van der Waals surface area contributed by atoms with Crippen LogP contribution in [0.3, 0.4) is 0 Å². The van der Waals surface area contributed by atoms with Gasteiger partial charge in [-0.15, -0.1) is 0 Å². The monoisotopic (exact) mass is 272 g/mol. The topological polar surface area (TPSA) is 82.2 Å². The van der Waals surface area contributed by atoms with E-state index in [0.717, 1.165) is 12.2 Å². The summed E-state index contributed by atoms with van der Waals surface area (Å²) in [6.07, 6.45) is 3.97. The van der Waals surface area contributed by atoms with Gasteiger partial charge in [-0.2, -0.15) is 5.10 Å². The van der Waals surface area contributed by atoms with Gasteiger partial charge in [0.1, 0.15) is 18.4 Å². The number of aromatic nitrogens is 2. The minimum absolute atomic E-state index is 0.000888.